The zero-order valence-electron chi connectivity index (χ0n) is 18.2. The van der Waals surface area contributed by atoms with Crippen molar-refractivity contribution >= 4 is 33.6 Å². The van der Waals surface area contributed by atoms with Crippen LogP contribution in [0.1, 0.15) is 33.6 Å². The summed E-state index contributed by atoms with van der Waals surface area (Å²) < 4.78 is 32.5. The van der Waals surface area contributed by atoms with Crippen LogP contribution in [-0.4, -0.2) is 79.4 Å². The first-order valence-corrected chi connectivity index (χ1v) is 12.3. The van der Waals surface area contributed by atoms with Crippen LogP contribution in [0.3, 0.4) is 0 Å². The Balaban J connectivity index is 1.52. The van der Waals surface area contributed by atoms with Crippen molar-refractivity contribution in [3.05, 3.63) is 29.3 Å². The van der Waals surface area contributed by atoms with E-state index in [4.69, 9.17) is 16.3 Å². The first-order chi connectivity index (χ1) is 14.5. The normalized spacial score (nSPS) is 19.4. The zero-order chi connectivity index (χ0) is 22.8. The average Bonchev–Trinajstić information content (AvgIpc) is 2.72. The van der Waals surface area contributed by atoms with Crippen molar-refractivity contribution < 1.29 is 22.7 Å². The van der Waals surface area contributed by atoms with Crippen molar-refractivity contribution in [2.24, 2.45) is 5.92 Å². The molecule has 2 aliphatic heterocycles. The van der Waals surface area contributed by atoms with Crippen molar-refractivity contribution in [3.63, 3.8) is 0 Å². The monoisotopic (exact) mass is 471 g/mol. The van der Waals surface area contributed by atoms with Gasteiger partial charge in [0.1, 0.15) is 10.5 Å². The number of piperidine rings is 1. The third-order valence-corrected chi connectivity index (χ3v) is 7.90. The second kappa shape index (κ2) is 9.34. The lowest BCUT2D eigenvalue weighted by Gasteiger charge is -2.38. The molecule has 2 amide bonds. The molecule has 0 unspecified atom stereocenters. The number of rotatable bonds is 3. The smallest absolute Gasteiger partial charge is 0.410 e. The van der Waals surface area contributed by atoms with Crippen molar-refractivity contribution in [2.75, 3.05) is 39.3 Å². The second-order valence-corrected chi connectivity index (χ2v) is 11.2. The van der Waals surface area contributed by atoms with Crippen LogP contribution in [0.2, 0.25) is 5.02 Å². The second-order valence-electron chi connectivity index (χ2n) is 8.90. The molecule has 2 heterocycles. The van der Waals surface area contributed by atoms with E-state index < -0.39 is 15.6 Å². The summed E-state index contributed by atoms with van der Waals surface area (Å²) in [7, 11) is -3.69. The summed E-state index contributed by atoms with van der Waals surface area (Å²) >= 11 is 6.07. The summed E-state index contributed by atoms with van der Waals surface area (Å²) in [4.78, 5) is 28.6. The van der Waals surface area contributed by atoms with Gasteiger partial charge in [0.2, 0.25) is 15.9 Å². The number of nitrogens with zero attached hydrogens (tertiary/aromatic N) is 3. The van der Waals surface area contributed by atoms with Gasteiger partial charge in [-0.05, 0) is 45.7 Å². The Bertz CT molecular complexity index is 915. The SMILES string of the molecule is CC(C)(C)OC(=O)N1CCC(C(=O)N2CCN(S(=O)(=O)c3ccccc3Cl)CC2)CC1. The van der Waals surface area contributed by atoms with Crippen LogP contribution in [0.4, 0.5) is 4.79 Å². The number of hydrogen-bond acceptors (Lipinski definition) is 5. The van der Waals surface area contributed by atoms with Crippen molar-refractivity contribution in [1.29, 1.82) is 0 Å². The lowest BCUT2D eigenvalue weighted by atomic mass is 9.95. The van der Waals surface area contributed by atoms with Gasteiger partial charge in [0.25, 0.3) is 0 Å². The summed E-state index contributed by atoms with van der Waals surface area (Å²) in [6.45, 7) is 7.58. The molecule has 2 fully saturated rings. The molecular weight excluding hydrogens is 442 g/mol. The molecule has 8 nitrogen and oxygen atoms in total. The Kier molecular flexibility index (Phi) is 7.18. The van der Waals surface area contributed by atoms with Gasteiger partial charge in [0.15, 0.2) is 0 Å². The number of likely N-dealkylation sites (tertiary alicyclic amines) is 1. The molecule has 1 aromatic carbocycles. The molecule has 0 aliphatic carbocycles. The molecular formula is C21H30ClN3O5S. The Morgan fingerprint density at radius 1 is 0.968 bits per heavy atom. The minimum Gasteiger partial charge on any atom is -0.444 e. The molecule has 3 rings (SSSR count). The van der Waals surface area contributed by atoms with E-state index in [0.717, 1.165) is 0 Å². The first-order valence-electron chi connectivity index (χ1n) is 10.5. The molecule has 0 spiro atoms. The van der Waals surface area contributed by atoms with Gasteiger partial charge in [0.05, 0.1) is 5.02 Å². The zero-order valence-corrected chi connectivity index (χ0v) is 19.8. The number of halogens is 1. The Morgan fingerprint density at radius 3 is 2.10 bits per heavy atom. The van der Waals surface area contributed by atoms with E-state index in [1.54, 1.807) is 28.0 Å². The lowest BCUT2D eigenvalue weighted by Crippen LogP contribution is -2.53. The predicted octanol–water partition coefficient (Wildman–Crippen LogP) is 2.82. The molecule has 0 aromatic heterocycles. The van der Waals surface area contributed by atoms with E-state index >= 15 is 0 Å². The van der Waals surface area contributed by atoms with E-state index in [9.17, 15) is 18.0 Å². The highest BCUT2D eigenvalue weighted by molar-refractivity contribution is 7.89. The molecule has 0 N–H and O–H groups in total. The first kappa shape index (κ1) is 23.8. The topological polar surface area (TPSA) is 87.2 Å². The summed E-state index contributed by atoms with van der Waals surface area (Å²) in [5, 5.41) is 0.192. The maximum Gasteiger partial charge on any atom is 0.410 e. The van der Waals surface area contributed by atoms with Crippen LogP contribution in [-0.2, 0) is 19.6 Å². The van der Waals surface area contributed by atoms with Gasteiger partial charge in [-0.25, -0.2) is 13.2 Å². The lowest BCUT2D eigenvalue weighted by molar-refractivity contribution is -0.138. The molecule has 0 bridgehead atoms. The quantitative estimate of drug-likeness (QED) is 0.676. The summed E-state index contributed by atoms with van der Waals surface area (Å²) in [6.07, 6.45) is 0.809. The highest BCUT2D eigenvalue weighted by Gasteiger charge is 2.35. The summed E-state index contributed by atoms with van der Waals surface area (Å²) in [5.41, 5.74) is -0.548. The molecule has 2 aliphatic rings. The maximum atomic E-state index is 12.9. The van der Waals surface area contributed by atoms with Gasteiger partial charge in [0, 0.05) is 45.2 Å². The number of hydrogen-bond donors (Lipinski definition) is 0. The molecule has 1 aromatic rings. The number of ether oxygens (including phenoxy) is 1. The third kappa shape index (κ3) is 5.70. The Labute approximate surface area is 189 Å². The molecule has 31 heavy (non-hydrogen) atoms. The van der Waals surface area contributed by atoms with Crippen LogP contribution in [0.5, 0.6) is 0 Å². The van der Waals surface area contributed by atoms with Crippen LogP contribution in [0.25, 0.3) is 0 Å². The highest BCUT2D eigenvalue weighted by Crippen LogP contribution is 2.26. The molecule has 0 saturated carbocycles. The molecule has 0 atom stereocenters. The standard InChI is InChI=1S/C21H30ClN3O5S/c1-21(2,3)30-20(27)24-10-8-16(9-11-24)19(26)23-12-14-25(15-13-23)31(28,29)18-7-5-4-6-17(18)22/h4-7,16H,8-15H2,1-3H3. The van der Waals surface area contributed by atoms with E-state index in [-0.39, 0.29) is 40.9 Å². The number of sulfonamides is 1. The van der Waals surface area contributed by atoms with Crippen LogP contribution in [0, 0.1) is 5.92 Å². The highest BCUT2D eigenvalue weighted by atomic mass is 35.5. The largest absolute Gasteiger partial charge is 0.444 e. The van der Waals surface area contributed by atoms with Gasteiger partial charge in [-0.15, -0.1) is 0 Å². The number of piperazine rings is 1. The van der Waals surface area contributed by atoms with Gasteiger partial charge in [-0.3, -0.25) is 4.79 Å². The number of amides is 2. The van der Waals surface area contributed by atoms with Gasteiger partial charge < -0.3 is 14.5 Å². The summed E-state index contributed by atoms with van der Waals surface area (Å²) in [5.74, 6) is -0.135. The van der Waals surface area contributed by atoms with Crippen LogP contribution in [0.15, 0.2) is 29.2 Å². The fourth-order valence-electron chi connectivity index (χ4n) is 3.84. The third-order valence-electron chi connectivity index (χ3n) is 5.50. The molecule has 2 saturated heterocycles. The van der Waals surface area contributed by atoms with E-state index in [1.165, 1.54) is 10.4 Å². The minimum absolute atomic E-state index is 0.0265. The Hall–Kier alpha value is -1.84. The van der Waals surface area contributed by atoms with Crippen LogP contribution < -0.4 is 0 Å². The number of carbonyl (C=O) groups is 2. The molecule has 172 valence electrons. The number of benzene rings is 1. The van der Waals surface area contributed by atoms with Gasteiger partial charge in [-0.1, -0.05) is 23.7 Å². The molecule has 0 radical (unpaired) electrons. The fraction of sp³-hybridized carbons (Fsp3) is 0.619. The summed E-state index contributed by atoms with van der Waals surface area (Å²) in [6, 6.07) is 6.37. The van der Waals surface area contributed by atoms with Crippen molar-refractivity contribution in [1.82, 2.24) is 14.1 Å². The van der Waals surface area contributed by atoms with E-state index in [2.05, 4.69) is 0 Å². The predicted molar refractivity (Wildman–Crippen MR) is 117 cm³/mol. The fourth-order valence-corrected chi connectivity index (χ4v) is 5.75. The van der Waals surface area contributed by atoms with Gasteiger partial charge >= 0.3 is 6.09 Å². The maximum absolute atomic E-state index is 12.9. The average molecular weight is 472 g/mol. The van der Waals surface area contributed by atoms with Gasteiger partial charge in [-0.2, -0.15) is 4.31 Å². The number of carbonyl (C=O) groups excluding carboxylic acids is 2. The molecule has 10 heteroatoms. The van der Waals surface area contributed by atoms with E-state index in [0.29, 0.717) is 39.0 Å². The minimum atomic E-state index is -3.69. The van der Waals surface area contributed by atoms with Crippen LogP contribution >= 0.6 is 11.6 Å². The van der Waals surface area contributed by atoms with E-state index in [1.807, 2.05) is 20.8 Å². The Morgan fingerprint density at radius 2 is 1.55 bits per heavy atom. The van der Waals surface area contributed by atoms with Crippen molar-refractivity contribution in [3.8, 4) is 0 Å². The van der Waals surface area contributed by atoms with Crippen molar-refractivity contribution in [2.45, 2.75) is 44.1 Å².